The monoisotopic (exact) mass is 373 g/mol. The largest absolute Gasteiger partial charge is 0.378 e. The molecule has 2 aliphatic heterocycles. The van der Waals surface area contributed by atoms with Crippen LogP contribution in [0.1, 0.15) is 6.92 Å². The topological polar surface area (TPSA) is 45.1 Å². The maximum absolute atomic E-state index is 12.7. The summed E-state index contributed by atoms with van der Waals surface area (Å²) < 4.78 is 5.31. The maximum Gasteiger partial charge on any atom is 0.282 e. The molecule has 1 aromatic rings. The van der Waals surface area contributed by atoms with Gasteiger partial charge in [0.1, 0.15) is 5.69 Å². The molecule has 5 nitrogen and oxygen atoms in total. The van der Waals surface area contributed by atoms with E-state index in [2.05, 4.69) is 5.10 Å². The van der Waals surface area contributed by atoms with E-state index in [1.807, 2.05) is 11.1 Å². The molecule has 1 fully saturated rings. The van der Waals surface area contributed by atoms with Crippen molar-refractivity contribution in [2.45, 2.75) is 6.92 Å². The second-order valence-corrected chi connectivity index (χ2v) is 6.46. The predicted molar refractivity (Wildman–Crippen MR) is 92.5 cm³/mol. The first-order valence-corrected chi connectivity index (χ1v) is 8.19. The maximum atomic E-state index is 12.7. The van der Waals surface area contributed by atoms with Crippen molar-refractivity contribution in [3.8, 4) is 0 Å². The molecule has 23 heavy (non-hydrogen) atoms. The first kappa shape index (κ1) is 16.6. The van der Waals surface area contributed by atoms with Crippen LogP contribution in [-0.4, -0.2) is 42.8 Å². The van der Waals surface area contributed by atoms with Crippen LogP contribution in [0.25, 0.3) is 0 Å². The summed E-state index contributed by atoms with van der Waals surface area (Å²) in [6.07, 6.45) is 1.82. The molecular weight excluding hydrogens is 361 g/mol. The Bertz CT molecular complexity index is 689. The van der Waals surface area contributed by atoms with Crippen LogP contribution in [0.3, 0.4) is 0 Å². The Morgan fingerprint density at radius 3 is 2.39 bits per heavy atom. The third-order valence-corrected chi connectivity index (χ3v) is 4.41. The third kappa shape index (κ3) is 3.33. The summed E-state index contributed by atoms with van der Waals surface area (Å²) >= 11 is 18.3. The highest BCUT2D eigenvalue weighted by Gasteiger charge is 2.32. The van der Waals surface area contributed by atoms with Crippen molar-refractivity contribution in [2.75, 3.05) is 31.3 Å². The number of hydrazone groups is 1. The number of halogens is 3. The van der Waals surface area contributed by atoms with E-state index in [1.54, 1.807) is 6.92 Å². The highest BCUT2D eigenvalue weighted by atomic mass is 35.5. The van der Waals surface area contributed by atoms with Crippen LogP contribution in [0.2, 0.25) is 15.1 Å². The van der Waals surface area contributed by atoms with E-state index in [0.29, 0.717) is 35.2 Å². The van der Waals surface area contributed by atoms with Gasteiger partial charge in [0.05, 0.1) is 34.5 Å². The standard InChI is InChI=1S/C15H14Cl3N3O2/c1-9-11(8-20-2-4-23-5-3-20)15(22)21(19-9)14-12(17)6-10(16)7-13(14)18/h6-8H,2-5H2,1H3. The molecule has 0 unspecified atom stereocenters. The van der Waals surface area contributed by atoms with Gasteiger partial charge in [-0.15, -0.1) is 0 Å². The van der Waals surface area contributed by atoms with Gasteiger partial charge in [0.15, 0.2) is 0 Å². The fourth-order valence-corrected chi connectivity index (χ4v) is 3.42. The van der Waals surface area contributed by atoms with E-state index in [0.717, 1.165) is 13.1 Å². The zero-order chi connectivity index (χ0) is 16.6. The molecule has 1 aromatic carbocycles. The molecule has 0 atom stereocenters. The molecule has 3 rings (SSSR count). The van der Waals surface area contributed by atoms with Gasteiger partial charge in [-0.25, -0.2) is 0 Å². The molecule has 2 heterocycles. The van der Waals surface area contributed by atoms with E-state index < -0.39 is 0 Å². The van der Waals surface area contributed by atoms with Gasteiger partial charge >= 0.3 is 0 Å². The number of anilines is 1. The van der Waals surface area contributed by atoms with Crippen molar-refractivity contribution < 1.29 is 9.53 Å². The van der Waals surface area contributed by atoms with Crippen molar-refractivity contribution in [1.29, 1.82) is 0 Å². The first-order chi connectivity index (χ1) is 11.0. The lowest BCUT2D eigenvalue weighted by Gasteiger charge is -2.25. The Morgan fingerprint density at radius 1 is 1.17 bits per heavy atom. The second-order valence-electron chi connectivity index (χ2n) is 5.21. The molecule has 0 aliphatic carbocycles. The fourth-order valence-electron chi connectivity index (χ4n) is 2.44. The molecule has 0 spiro atoms. The summed E-state index contributed by atoms with van der Waals surface area (Å²) in [5, 5.41) is 6.48. The minimum Gasteiger partial charge on any atom is -0.378 e. The number of hydrogen-bond donors (Lipinski definition) is 0. The SMILES string of the molecule is CC1=NN(c2c(Cl)cc(Cl)cc2Cl)C(=O)C1=CN1CCOCC1. The highest BCUT2D eigenvalue weighted by Crippen LogP contribution is 2.39. The average Bonchev–Trinajstić information content (AvgIpc) is 2.76. The molecule has 122 valence electrons. The molecule has 8 heteroatoms. The normalized spacial score (nSPS) is 20.4. The van der Waals surface area contributed by atoms with E-state index in [9.17, 15) is 4.79 Å². The Kier molecular flexibility index (Phi) is 4.82. The lowest BCUT2D eigenvalue weighted by Crippen LogP contribution is -2.33. The van der Waals surface area contributed by atoms with Crippen LogP contribution in [0, 0.1) is 0 Å². The molecular formula is C15H14Cl3N3O2. The van der Waals surface area contributed by atoms with Gasteiger partial charge in [-0.3, -0.25) is 4.79 Å². The van der Waals surface area contributed by atoms with Crippen LogP contribution in [-0.2, 0) is 9.53 Å². The third-order valence-electron chi connectivity index (χ3n) is 3.61. The first-order valence-electron chi connectivity index (χ1n) is 7.05. The van der Waals surface area contributed by atoms with E-state index >= 15 is 0 Å². The Morgan fingerprint density at radius 2 is 1.78 bits per heavy atom. The van der Waals surface area contributed by atoms with E-state index in [-0.39, 0.29) is 16.0 Å². The van der Waals surface area contributed by atoms with Crippen LogP contribution >= 0.6 is 34.8 Å². The van der Waals surface area contributed by atoms with Gasteiger partial charge in [-0.2, -0.15) is 10.1 Å². The summed E-state index contributed by atoms with van der Waals surface area (Å²) in [5.74, 6) is -0.264. The molecule has 2 aliphatic rings. The molecule has 0 saturated carbocycles. The molecule has 0 radical (unpaired) electrons. The molecule has 1 amide bonds. The lowest BCUT2D eigenvalue weighted by atomic mass is 10.2. The van der Waals surface area contributed by atoms with Crippen molar-refractivity contribution in [3.63, 3.8) is 0 Å². The van der Waals surface area contributed by atoms with Gasteiger partial charge in [0.2, 0.25) is 0 Å². The van der Waals surface area contributed by atoms with Crippen molar-refractivity contribution >= 4 is 52.1 Å². The fraction of sp³-hybridized carbons (Fsp3) is 0.333. The Balaban J connectivity index is 1.93. The second kappa shape index (κ2) is 6.69. The van der Waals surface area contributed by atoms with Gasteiger partial charge in [-0.1, -0.05) is 34.8 Å². The van der Waals surface area contributed by atoms with Gasteiger partial charge in [0, 0.05) is 24.3 Å². The number of rotatable bonds is 2. The zero-order valence-electron chi connectivity index (χ0n) is 12.4. The Labute approximate surface area is 149 Å². The summed E-state index contributed by atoms with van der Waals surface area (Å²) in [6, 6.07) is 3.07. The number of nitrogens with zero attached hydrogens (tertiary/aromatic N) is 3. The average molecular weight is 375 g/mol. The molecule has 0 aromatic heterocycles. The van der Waals surface area contributed by atoms with Crippen LogP contribution in [0.4, 0.5) is 5.69 Å². The minimum atomic E-state index is -0.264. The van der Waals surface area contributed by atoms with Gasteiger partial charge in [0.25, 0.3) is 5.91 Å². The van der Waals surface area contributed by atoms with Crippen molar-refractivity contribution in [1.82, 2.24) is 4.90 Å². The highest BCUT2D eigenvalue weighted by molar-refractivity contribution is 6.43. The zero-order valence-corrected chi connectivity index (χ0v) is 14.6. The molecule has 0 bridgehead atoms. The summed E-state index contributed by atoms with van der Waals surface area (Å²) in [6.45, 7) is 4.56. The van der Waals surface area contributed by atoms with Crippen LogP contribution < -0.4 is 5.01 Å². The summed E-state index contributed by atoms with van der Waals surface area (Å²) in [7, 11) is 0. The lowest BCUT2D eigenvalue weighted by molar-refractivity contribution is -0.114. The summed E-state index contributed by atoms with van der Waals surface area (Å²) in [4.78, 5) is 14.8. The van der Waals surface area contributed by atoms with Gasteiger partial charge < -0.3 is 9.64 Å². The predicted octanol–water partition coefficient (Wildman–Crippen LogP) is 3.59. The quantitative estimate of drug-likeness (QED) is 0.743. The van der Waals surface area contributed by atoms with Crippen LogP contribution in [0.15, 0.2) is 29.0 Å². The number of ether oxygens (including phenoxy) is 1. The molecule has 1 saturated heterocycles. The smallest absolute Gasteiger partial charge is 0.282 e. The number of hydrogen-bond acceptors (Lipinski definition) is 4. The van der Waals surface area contributed by atoms with Crippen LogP contribution in [0.5, 0.6) is 0 Å². The van der Waals surface area contributed by atoms with Gasteiger partial charge in [-0.05, 0) is 19.1 Å². The van der Waals surface area contributed by atoms with Crippen molar-refractivity contribution in [2.24, 2.45) is 5.10 Å². The summed E-state index contributed by atoms with van der Waals surface area (Å²) in [5.41, 5.74) is 1.48. The molecule has 0 N–H and O–H groups in total. The van der Waals surface area contributed by atoms with E-state index in [1.165, 1.54) is 17.1 Å². The number of benzene rings is 1. The number of carbonyl (C=O) groups is 1. The Hall–Kier alpha value is -1.27. The number of morpholine rings is 1. The minimum absolute atomic E-state index is 0.264. The number of carbonyl (C=O) groups excluding carboxylic acids is 1. The number of amides is 1. The van der Waals surface area contributed by atoms with Crippen molar-refractivity contribution in [3.05, 3.63) is 39.0 Å². The van der Waals surface area contributed by atoms with E-state index in [4.69, 9.17) is 39.5 Å².